The lowest BCUT2D eigenvalue weighted by Crippen LogP contribution is -2.09. The van der Waals surface area contributed by atoms with E-state index in [-0.39, 0.29) is 11.2 Å². The number of rotatable bonds is 3. The van der Waals surface area contributed by atoms with E-state index in [0.29, 0.717) is 12.1 Å². The summed E-state index contributed by atoms with van der Waals surface area (Å²) in [5.41, 5.74) is 2.40. The Morgan fingerprint density at radius 2 is 1.62 bits per heavy atom. The maximum atomic E-state index is 13.0. The lowest BCUT2D eigenvalue weighted by atomic mass is 10.1. The van der Waals surface area contributed by atoms with Crippen LogP contribution >= 0.6 is 0 Å². The van der Waals surface area contributed by atoms with E-state index in [1.165, 1.54) is 12.1 Å². The first kappa shape index (κ1) is 13.3. The van der Waals surface area contributed by atoms with Gasteiger partial charge in [-0.3, -0.25) is 4.79 Å². The number of benzene rings is 2. The van der Waals surface area contributed by atoms with Gasteiger partial charge in [0.2, 0.25) is 0 Å². The second-order valence-corrected chi connectivity index (χ2v) is 4.89. The number of hydrogen-bond donors (Lipinski definition) is 0. The zero-order chi connectivity index (χ0) is 14.7. The summed E-state index contributed by atoms with van der Waals surface area (Å²) >= 11 is 0. The third kappa shape index (κ3) is 3.08. The van der Waals surface area contributed by atoms with Crippen molar-refractivity contribution in [2.75, 3.05) is 0 Å². The molecule has 2 aromatic carbocycles. The van der Waals surface area contributed by atoms with Crippen LogP contribution < -0.4 is 5.43 Å². The minimum atomic E-state index is -0.306. The molecule has 1 aromatic heterocycles. The topological polar surface area (TPSA) is 22.0 Å². The first-order valence-corrected chi connectivity index (χ1v) is 6.72. The lowest BCUT2D eigenvalue weighted by Gasteiger charge is -2.09. The molecule has 0 aliphatic carbocycles. The summed E-state index contributed by atoms with van der Waals surface area (Å²) in [5, 5.41) is 0. The van der Waals surface area contributed by atoms with E-state index in [0.717, 1.165) is 11.1 Å². The van der Waals surface area contributed by atoms with Gasteiger partial charge in [0.05, 0.1) is 0 Å². The first-order chi connectivity index (χ1) is 10.2. The van der Waals surface area contributed by atoms with Gasteiger partial charge in [-0.1, -0.05) is 42.5 Å². The lowest BCUT2D eigenvalue weighted by molar-refractivity contribution is 0.628. The molecule has 0 fully saturated rings. The molecule has 3 rings (SSSR count). The average Bonchev–Trinajstić information content (AvgIpc) is 2.51. The fourth-order valence-corrected chi connectivity index (χ4v) is 2.26. The standard InChI is InChI=1S/C18H14FNO/c19-16-8-6-15(7-9-16)17-13-20(11-10-18(17)21)12-14-4-2-1-3-5-14/h1-11,13H,12H2. The van der Waals surface area contributed by atoms with E-state index in [1.54, 1.807) is 24.4 Å². The average molecular weight is 279 g/mol. The summed E-state index contributed by atoms with van der Waals surface area (Å²) in [6.45, 7) is 0.690. The summed E-state index contributed by atoms with van der Waals surface area (Å²) in [5.74, 6) is -0.306. The predicted octanol–water partition coefficient (Wildman–Crippen LogP) is 3.70. The van der Waals surface area contributed by atoms with Crippen molar-refractivity contribution < 1.29 is 4.39 Å². The molecule has 0 spiro atoms. The summed E-state index contributed by atoms with van der Waals surface area (Å²) < 4.78 is 14.9. The van der Waals surface area contributed by atoms with Gasteiger partial charge < -0.3 is 4.57 Å². The molecule has 0 aliphatic rings. The van der Waals surface area contributed by atoms with Crippen molar-refractivity contribution in [3.05, 3.63) is 94.7 Å². The van der Waals surface area contributed by atoms with Crippen LogP contribution in [0.4, 0.5) is 4.39 Å². The second kappa shape index (κ2) is 5.75. The minimum Gasteiger partial charge on any atom is -0.349 e. The molecule has 104 valence electrons. The van der Waals surface area contributed by atoms with Gasteiger partial charge >= 0.3 is 0 Å². The van der Waals surface area contributed by atoms with E-state index in [2.05, 4.69) is 0 Å². The Morgan fingerprint density at radius 1 is 0.905 bits per heavy atom. The van der Waals surface area contributed by atoms with Gasteiger partial charge in [-0.2, -0.15) is 0 Å². The van der Waals surface area contributed by atoms with E-state index in [4.69, 9.17) is 0 Å². The predicted molar refractivity (Wildman–Crippen MR) is 81.6 cm³/mol. The molecule has 3 aromatic rings. The van der Waals surface area contributed by atoms with Crippen LogP contribution in [0.2, 0.25) is 0 Å². The molecule has 0 aliphatic heterocycles. The van der Waals surface area contributed by atoms with Crippen LogP contribution in [0.25, 0.3) is 11.1 Å². The number of halogens is 1. The van der Waals surface area contributed by atoms with Crippen LogP contribution in [-0.2, 0) is 6.54 Å². The highest BCUT2D eigenvalue weighted by Crippen LogP contribution is 2.16. The molecule has 21 heavy (non-hydrogen) atoms. The van der Waals surface area contributed by atoms with Crippen LogP contribution in [0.15, 0.2) is 77.9 Å². The number of aromatic nitrogens is 1. The second-order valence-electron chi connectivity index (χ2n) is 4.89. The maximum Gasteiger partial charge on any atom is 0.189 e. The molecule has 0 unspecified atom stereocenters. The molecule has 0 radical (unpaired) electrons. The molecular formula is C18H14FNO. The quantitative estimate of drug-likeness (QED) is 0.716. The van der Waals surface area contributed by atoms with Crippen LogP contribution in [0.5, 0.6) is 0 Å². The molecule has 3 heteroatoms. The van der Waals surface area contributed by atoms with Crippen molar-refractivity contribution in [1.82, 2.24) is 4.57 Å². The van der Waals surface area contributed by atoms with E-state index < -0.39 is 0 Å². The molecule has 0 N–H and O–H groups in total. The molecule has 0 saturated carbocycles. The summed E-state index contributed by atoms with van der Waals surface area (Å²) in [6.07, 6.45) is 3.57. The fraction of sp³-hybridized carbons (Fsp3) is 0.0556. The van der Waals surface area contributed by atoms with E-state index in [9.17, 15) is 9.18 Å². The highest BCUT2D eigenvalue weighted by Gasteiger charge is 2.04. The summed E-state index contributed by atoms with van der Waals surface area (Å²) in [6, 6.07) is 17.5. The Labute approximate surface area is 122 Å². The molecule has 2 nitrogen and oxygen atoms in total. The van der Waals surface area contributed by atoms with Gasteiger partial charge in [-0.05, 0) is 23.3 Å². The maximum absolute atomic E-state index is 13.0. The Kier molecular flexibility index (Phi) is 3.65. The van der Waals surface area contributed by atoms with Crippen molar-refractivity contribution >= 4 is 0 Å². The van der Waals surface area contributed by atoms with Crippen molar-refractivity contribution in [2.45, 2.75) is 6.54 Å². The van der Waals surface area contributed by atoms with Gasteiger partial charge in [0.1, 0.15) is 5.82 Å². The van der Waals surface area contributed by atoms with Gasteiger partial charge in [0, 0.05) is 30.6 Å². The Bertz CT molecular complexity index is 791. The van der Waals surface area contributed by atoms with Crippen LogP contribution in [-0.4, -0.2) is 4.57 Å². The van der Waals surface area contributed by atoms with Crippen LogP contribution in [0.3, 0.4) is 0 Å². The third-order valence-corrected chi connectivity index (χ3v) is 3.34. The molecule has 0 saturated heterocycles. The highest BCUT2D eigenvalue weighted by atomic mass is 19.1. The third-order valence-electron chi connectivity index (χ3n) is 3.34. The zero-order valence-corrected chi connectivity index (χ0v) is 11.4. The molecule has 0 bridgehead atoms. The van der Waals surface area contributed by atoms with Gasteiger partial charge in [0.25, 0.3) is 0 Å². The Balaban J connectivity index is 1.97. The molecule has 1 heterocycles. The zero-order valence-electron chi connectivity index (χ0n) is 11.4. The van der Waals surface area contributed by atoms with Crippen molar-refractivity contribution in [3.63, 3.8) is 0 Å². The Hall–Kier alpha value is -2.68. The number of pyridine rings is 1. The van der Waals surface area contributed by atoms with E-state index >= 15 is 0 Å². The van der Waals surface area contributed by atoms with Crippen molar-refractivity contribution in [3.8, 4) is 11.1 Å². The highest BCUT2D eigenvalue weighted by molar-refractivity contribution is 5.62. The minimum absolute atomic E-state index is 0.0640. The number of nitrogens with zero attached hydrogens (tertiary/aromatic N) is 1. The van der Waals surface area contributed by atoms with E-state index in [1.807, 2.05) is 41.1 Å². The van der Waals surface area contributed by atoms with Crippen molar-refractivity contribution in [2.24, 2.45) is 0 Å². The Morgan fingerprint density at radius 3 is 2.33 bits per heavy atom. The molecular weight excluding hydrogens is 265 g/mol. The normalized spacial score (nSPS) is 10.5. The van der Waals surface area contributed by atoms with Crippen molar-refractivity contribution in [1.29, 1.82) is 0 Å². The first-order valence-electron chi connectivity index (χ1n) is 6.72. The van der Waals surface area contributed by atoms with Gasteiger partial charge in [0.15, 0.2) is 5.43 Å². The largest absolute Gasteiger partial charge is 0.349 e. The smallest absolute Gasteiger partial charge is 0.189 e. The summed E-state index contributed by atoms with van der Waals surface area (Å²) in [4.78, 5) is 12.0. The molecule has 0 amide bonds. The van der Waals surface area contributed by atoms with Gasteiger partial charge in [-0.15, -0.1) is 0 Å². The van der Waals surface area contributed by atoms with Gasteiger partial charge in [-0.25, -0.2) is 4.39 Å². The molecule has 0 atom stereocenters. The monoisotopic (exact) mass is 279 g/mol. The van der Waals surface area contributed by atoms with Crippen LogP contribution in [0.1, 0.15) is 5.56 Å². The fourth-order valence-electron chi connectivity index (χ4n) is 2.26. The van der Waals surface area contributed by atoms with Crippen LogP contribution in [0, 0.1) is 5.82 Å². The SMILES string of the molecule is O=c1ccn(Cc2ccccc2)cc1-c1ccc(F)cc1. The number of hydrogen-bond acceptors (Lipinski definition) is 1. The summed E-state index contributed by atoms with van der Waals surface area (Å²) in [7, 11) is 0.